The summed E-state index contributed by atoms with van der Waals surface area (Å²) in [6, 6.07) is 9.95. The van der Waals surface area contributed by atoms with Gasteiger partial charge in [-0.25, -0.2) is 4.21 Å². The molecular formula is C10H14OSSi. The highest BCUT2D eigenvalue weighted by atomic mass is 32.1. The molecule has 3 heteroatoms. The van der Waals surface area contributed by atoms with Crippen LogP contribution >= 0.6 is 0 Å². The molecule has 0 radical (unpaired) electrons. The zero-order valence-electron chi connectivity index (χ0n) is 8.20. The summed E-state index contributed by atoms with van der Waals surface area (Å²) in [6.45, 7) is 6.58. The maximum atomic E-state index is 11.0. The zero-order chi connectivity index (χ0) is 9.90. The van der Waals surface area contributed by atoms with E-state index in [0.29, 0.717) is 11.3 Å². The van der Waals surface area contributed by atoms with E-state index in [1.54, 1.807) is 0 Å². The van der Waals surface area contributed by atoms with Gasteiger partial charge in [-0.1, -0.05) is 50.0 Å². The fourth-order valence-corrected chi connectivity index (χ4v) is 3.46. The average molecular weight is 210 g/mol. The van der Waals surface area contributed by atoms with Gasteiger partial charge in [0, 0.05) is 4.49 Å². The van der Waals surface area contributed by atoms with Gasteiger partial charge in [0.15, 0.2) is 0 Å². The fourth-order valence-electron chi connectivity index (χ4n) is 1.20. The van der Waals surface area contributed by atoms with E-state index in [1.807, 2.05) is 30.3 Å². The quantitative estimate of drug-likeness (QED) is 0.541. The van der Waals surface area contributed by atoms with Crippen molar-refractivity contribution in [3.63, 3.8) is 0 Å². The van der Waals surface area contributed by atoms with Crippen LogP contribution in [0.3, 0.4) is 0 Å². The van der Waals surface area contributed by atoms with Crippen molar-refractivity contribution in [2.24, 2.45) is 0 Å². The van der Waals surface area contributed by atoms with Crippen molar-refractivity contribution in [2.75, 3.05) is 0 Å². The first-order valence-corrected chi connectivity index (χ1v) is 8.52. The van der Waals surface area contributed by atoms with Gasteiger partial charge in [-0.3, -0.25) is 0 Å². The van der Waals surface area contributed by atoms with Crippen molar-refractivity contribution in [3.05, 3.63) is 35.9 Å². The molecule has 0 bridgehead atoms. The second-order valence-corrected chi connectivity index (χ2v) is 9.97. The Morgan fingerprint density at radius 3 is 2.08 bits per heavy atom. The first-order chi connectivity index (χ1) is 6.05. The number of rotatable bonds is 2. The highest BCUT2D eigenvalue weighted by molar-refractivity contribution is 7.73. The smallest absolute Gasteiger partial charge is 0.0954 e. The van der Waals surface area contributed by atoms with Crippen molar-refractivity contribution in [1.82, 2.24) is 0 Å². The van der Waals surface area contributed by atoms with Crippen molar-refractivity contribution in [1.29, 1.82) is 0 Å². The van der Waals surface area contributed by atoms with Crippen LogP contribution in [0.2, 0.25) is 19.6 Å². The maximum Gasteiger partial charge on any atom is 0.0954 e. The van der Waals surface area contributed by atoms with Crippen molar-refractivity contribution in [2.45, 2.75) is 19.6 Å². The lowest BCUT2D eigenvalue weighted by Gasteiger charge is -2.16. The molecule has 1 rings (SSSR count). The van der Waals surface area contributed by atoms with Crippen LogP contribution in [0.25, 0.3) is 0 Å². The molecule has 0 fully saturated rings. The highest BCUT2D eigenvalue weighted by Gasteiger charge is 2.22. The van der Waals surface area contributed by atoms with Crippen molar-refractivity contribution in [3.8, 4) is 0 Å². The standard InChI is InChI=1S/C10H14OSSi/c1-13(2,3)10(12-11)9-7-5-4-6-8-9/h4-8H,1-3H3. The van der Waals surface area contributed by atoms with Gasteiger partial charge in [0.2, 0.25) is 0 Å². The van der Waals surface area contributed by atoms with Gasteiger partial charge in [0.05, 0.1) is 19.3 Å². The molecule has 0 spiro atoms. The topological polar surface area (TPSA) is 17.1 Å². The Labute approximate surface area is 83.9 Å². The Hall–Kier alpha value is -0.673. The molecule has 0 saturated carbocycles. The van der Waals surface area contributed by atoms with Crippen LogP contribution in [0.4, 0.5) is 0 Å². The molecule has 0 aliphatic heterocycles. The molecule has 70 valence electrons. The number of hydrogen-bond acceptors (Lipinski definition) is 1. The highest BCUT2D eigenvalue weighted by Crippen LogP contribution is 2.11. The van der Waals surface area contributed by atoms with Gasteiger partial charge in [0.1, 0.15) is 0 Å². The molecule has 1 nitrogen and oxygen atoms in total. The maximum absolute atomic E-state index is 11.0. The normalized spacial score (nSPS) is 11.0. The van der Waals surface area contributed by atoms with E-state index in [9.17, 15) is 4.21 Å². The average Bonchev–Trinajstić information content (AvgIpc) is 2.05. The summed E-state index contributed by atoms with van der Waals surface area (Å²) in [7, 11) is -1.46. The summed E-state index contributed by atoms with van der Waals surface area (Å²) in [4.78, 5) is 0. The third-order valence-corrected chi connectivity index (χ3v) is 5.94. The molecule has 0 atom stereocenters. The first-order valence-electron chi connectivity index (χ1n) is 4.28. The van der Waals surface area contributed by atoms with Crippen LogP contribution < -0.4 is 0 Å². The molecule has 13 heavy (non-hydrogen) atoms. The first kappa shape index (κ1) is 10.4. The van der Waals surface area contributed by atoms with Crippen molar-refractivity contribution >= 4 is 23.8 Å². The number of benzene rings is 1. The van der Waals surface area contributed by atoms with E-state index < -0.39 is 8.07 Å². The Morgan fingerprint density at radius 1 is 1.15 bits per heavy atom. The molecular weight excluding hydrogens is 196 g/mol. The van der Waals surface area contributed by atoms with E-state index in [1.165, 1.54) is 0 Å². The second kappa shape index (κ2) is 4.02. The van der Waals surface area contributed by atoms with Crippen LogP contribution in [0.1, 0.15) is 5.56 Å². The fraction of sp³-hybridized carbons (Fsp3) is 0.300. The van der Waals surface area contributed by atoms with Crippen molar-refractivity contribution < 1.29 is 4.21 Å². The molecule has 1 aromatic carbocycles. The van der Waals surface area contributed by atoms with Gasteiger partial charge < -0.3 is 0 Å². The molecule has 0 aliphatic rings. The van der Waals surface area contributed by atoms with Gasteiger partial charge in [-0.15, -0.1) is 0 Å². The summed E-state index contributed by atoms with van der Waals surface area (Å²) in [6.07, 6.45) is 0. The van der Waals surface area contributed by atoms with E-state index in [2.05, 4.69) is 19.6 Å². The van der Waals surface area contributed by atoms with Crippen LogP contribution in [0, 0.1) is 0 Å². The minimum atomic E-state index is -1.46. The SMILES string of the molecule is C[Si](C)(C)C(=S=O)c1ccccc1. The van der Waals surface area contributed by atoms with Gasteiger partial charge >= 0.3 is 0 Å². The second-order valence-electron chi connectivity index (χ2n) is 4.03. The molecule has 1 aromatic rings. The lowest BCUT2D eigenvalue weighted by molar-refractivity contribution is 0.701. The third kappa shape index (κ3) is 2.64. The molecule has 0 N–H and O–H groups in total. The summed E-state index contributed by atoms with van der Waals surface area (Å²) < 4.78 is 12.0. The monoisotopic (exact) mass is 210 g/mol. The Kier molecular flexibility index (Phi) is 3.22. The predicted octanol–water partition coefficient (Wildman–Crippen LogP) is 2.30. The van der Waals surface area contributed by atoms with E-state index in [0.717, 1.165) is 10.1 Å². The molecule has 0 unspecified atom stereocenters. The van der Waals surface area contributed by atoms with Gasteiger partial charge in [0.25, 0.3) is 0 Å². The zero-order valence-corrected chi connectivity index (χ0v) is 10.0. The Bertz CT molecular complexity index is 334. The number of hydrogen-bond donors (Lipinski definition) is 0. The molecule has 0 amide bonds. The Balaban J connectivity index is 3.15. The predicted molar refractivity (Wildman–Crippen MR) is 62.0 cm³/mol. The summed E-state index contributed by atoms with van der Waals surface area (Å²) in [5.41, 5.74) is 1.10. The summed E-state index contributed by atoms with van der Waals surface area (Å²) in [5.74, 6) is 0. The minimum Gasteiger partial charge on any atom is -0.212 e. The minimum absolute atomic E-state index is 0.658. The Morgan fingerprint density at radius 2 is 1.69 bits per heavy atom. The van der Waals surface area contributed by atoms with Crippen LogP contribution in [0.5, 0.6) is 0 Å². The van der Waals surface area contributed by atoms with E-state index >= 15 is 0 Å². The lowest BCUT2D eigenvalue weighted by Crippen LogP contribution is -2.34. The van der Waals surface area contributed by atoms with E-state index in [4.69, 9.17) is 0 Å². The third-order valence-electron chi connectivity index (χ3n) is 1.80. The molecule has 0 saturated heterocycles. The molecule has 0 aromatic heterocycles. The molecule has 0 aliphatic carbocycles. The summed E-state index contributed by atoms with van der Waals surface area (Å²) in [5, 5.41) is 0. The lowest BCUT2D eigenvalue weighted by atomic mass is 10.2. The van der Waals surface area contributed by atoms with Crippen LogP contribution in [-0.4, -0.2) is 16.8 Å². The van der Waals surface area contributed by atoms with Gasteiger partial charge in [-0.2, -0.15) is 0 Å². The van der Waals surface area contributed by atoms with Crippen LogP contribution in [-0.2, 0) is 11.3 Å². The largest absolute Gasteiger partial charge is 0.212 e. The van der Waals surface area contributed by atoms with Crippen LogP contribution in [0.15, 0.2) is 30.3 Å². The van der Waals surface area contributed by atoms with E-state index in [-0.39, 0.29) is 0 Å². The van der Waals surface area contributed by atoms with Gasteiger partial charge in [-0.05, 0) is 5.56 Å². The summed E-state index contributed by atoms with van der Waals surface area (Å²) >= 11 is 0.658. The molecule has 0 heterocycles.